The topological polar surface area (TPSA) is 37.4 Å². The molecule has 0 aliphatic carbocycles. The van der Waals surface area contributed by atoms with E-state index >= 15 is 0 Å². The number of allylic oxidation sites excluding steroid dienone is 1. The Labute approximate surface area is 145 Å². The van der Waals surface area contributed by atoms with Crippen molar-refractivity contribution in [3.8, 4) is 0 Å². The summed E-state index contributed by atoms with van der Waals surface area (Å²) in [7, 11) is -1.23. The largest absolute Gasteiger partial charge is 0.314 e. The Morgan fingerprint density at radius 2 is 1.75 bits per heavy atom. The molecule has 0 N–H and O–H groups in total. The summed E-state index contributed by atoms with van der Waals surface area (Å²) < 4.78 is 12.9. The maximum absolute atomic E-state index is 12.9. The lowest BCUT2D eigenvalue weighted by Gasteiger charge is -2.28. The van der Waals surface area contributed by atoms with Gasteiger partial charge in [-0.1, -0.05) is 55.0 Å². The molecule has 0 spiro atoms. The van der Waals surface area contributed by atoms with Crippen molar-refractivity contribution in [2.75, 3.05) is 0 Å². The van der Waals surface area contributed by atoms with E-state index in [2.05, 4.69) is 0 Å². The first-order valence-corrected chi connectivity index (χ1v) is 9.23. The standard InChI is InChI=1S/C20H21NO2S/c1-15-8-10-18(11-9-15)24(23)19-14-21(20(22)12-16(19)2)13-17-6-4-3-5-7-17/h3-11,14,16H,12-13H2,1-2H3/t16-,24?/m1/s1. The Bertz CT molecular complexity index is 781. The summed E-state index contributed by atoms with van der Waals surface area (Å²) in [6.07, 6.45) is 2.19. The van der Waals surface area contributed by atoms with Gasteiger partial charge in [0, 0.05) is 28.3 Å². The Morgan fingerprint density at radius 1 is 1.08 bits per heavy atom. The molecule has 4 heteroatoms. The zero-order chi connectivity index (χ0) is 17.1. The van der Waals surface area contributed by atoms with Crippen LogP contribution in [0.5, 0.6) is 0 Å². The van der Waals surface area contributed by atoms with Crippen LogP contribution in [0.15, 0.2) is 70.6 Å². The van der Waals surface area contributed by atoms with Crippen LogP contribution in [0.1, 0.15) is 24.5 Å². The summed E-state index contributed by atoms with van der Waals surface area (Å²) >= 11 is 0. The van der Waals surface area contributed by atoms with Crippen molar-refractivity contribution in [2.24, 2.45) is 5.92 Å². The van der Waals surface area contributed by atoms with Crippen LogP contribution in [0.4, 0.5) is 0 Å². The molecule has 0 fully saturated rings. The molecule has 0 bridgehead atoms. The number of carbonyl (C=O) groups excluding carboxylic acids is 1. The molecular weight excluding hydrogens is 318 g/mol. The molecule has 0 saturated heterocycles. The third kappa shape index (κ3) is 3.65. The highest BCUT2D eigenvalue weighted by molar-refractivity contribution is 7.89. The van der Waals surface area contributed by atoms with Gasteiger partial charge in [-0.25, -0.2) is 4.21 Å². The Kier molecular flexibility index (Phi) is 4.95. The monoisotopic (exact) mass is 339 g/mol. The zero-order valence-electron chi connectivity index (χ0n) is 13.9. The summed E-state index contributed by atoms with van der Waals surface area (Å²) in [6, 6.07) is 17.6. The molecule has 2 aromatic rings. The quantitative estimate of drug-likeness (QED) is 0.844. The van der Waals surface area contributed by atoms with Crippen LogP contribution in [0, 0.1) is 12.8 Å². The van der Waals surface area contributed by atoms with Gasteiger partial charge in [-0.3, -0.25) is 4.79 Å². The van der Waals surface area contributed by atoms with Gasteiger partial charge in [0.25, 0.3) is 0 Å². The second kappa shape index (κ2) is 7.14. The van der Waals surface area contributed by atoms with Crippen molar-refractivity contribution >= 4 is 16.7 Å². The maximum atomic E-state index is 12.9. The minimum Gasteiger partial charge on any atom is -0.314 e. The minimum atomic E-state index is -1.23. The smallest absolute Gasteiger partial charge is 0.227 e. The average Bonchev–Trinajstić information content (AvgIpc) is 2.58. The predicted molar refractivity (Wildman–Crippen MR) is 96.4 cm³/mol. The van der Waals surface area contributed by atoms with Crippen LogP contribution in [0.2, 0.25) is 0 Å². The van der Waals surface area contributed by atoms with E-state index in [1.54, 1.807) is 11.1 Å². The predicted octanol–water partition coefficient (Wildman–Crippen LogP) is 4.01. The van der Waals surface area contributed by atoms with Gasteiger partial charge in [0.1, 0.15) is 0 Å². The number of hydrogen-bond donors (Lipinski definition) is 0. The highest BCUT2D eigenvalue weighted by atomic mass is 32.2. The second-order valence-corrected chi connectivity index (χ2v) is 7.71. The van der Waals surface area contributed by atoms with Crippen molar-refractivity contribution in [3.63, 3.8) is 0 Å². The second-order valence-electron chi connectivity index (χ2n) is 6.23. The number of benzene rings is 2. The number of aryl methyl sites for hydroxylation is 1. The van der Waals surface area contributed by atoms with Gasteiger partial charge < -0.3 is 4.90 Å². The van der Waals surface area contributed by atoms with Gasteiger partial charge in [-0.05, 0) is 24.6 Å². The summed E-state index contributed by atoms with van der Waals surface area (Å²) in [5.74, 6) is 0.0719. The average molecular weight is 339 g/mol. The SMILES string of the molecule is Cc1ccc(S(=O)C2=CN(Cc3ccccc3)C(=O)C[C@H]2C)cc1. The summed E-state index contributed by atoms with van der Waals surface area (Å²) in [4.78, 5) is 15.6. The van der Waals surface area contributed by atoms with Crippen molar-refractivity contribution in [1.82, 2.24) is 4.90 Å². The molecule has 3 nitrogen and oxygen atoms in total. The molecule has 2 aromatic carbocycles. The molecule has 1 unspecified atom stereocenters. The van der Waals surface area contributed by atoms with E-state index < -0.39 is 10.8 Å². The Balaban J connectivity index is 1.87. The summed E-state index contributed by atoms with van der Waals surface area (Å²) in [5.41, 5.74) is 2.21. The first-order chi connectivity index (χ1) is 11.5. The van der Waals surface area contributed by atoms with E-state index in [4.69, 9.17) is 0 Å². The minimum absolute atomic E-state index is 0.00772. The molecule has 1 heterocycles. The maximum Gasteiger partial charge on any atom is 0.227 e. The van der Waals surface area contributed by atoms with Crippen molar-refractivity contribution in [1.29, 1.82) is 0 Å². The number of amides is 1. The third-order valence-corrected chi connectivity index (χ3v) is 5.85. The van der Waals surface area contributed by atoms with Crippen molar-refractivity contribution in [3.05, 3.63) is 76.8 Å². The van der Waals surface area contributed by atoms with E-state index in [1.165, 1.54) is 0 Å². The van der Waals surface area contributed by atoms with E-state index in [0.717, 1.165) is 20.9 Å². The number of rotatable bonds is 4. The van der Waals surface area contributed by atoms with Crippen LogP contribution in [-0.2, 0) is 22.1 Å². The lowest BCUT2D eigenvalue weighted by molar-refractivity contribution is -0.130. The van der Waals surface area contributed by atoms with Crippen LogP contribution in [0.3, 0.4) is 0 Å². The van der Waals surface area contributed by atoms with E-state index in [-0.39, 0.29) is 11.8 Å². The molecule has 3 rings (SSSR count). The molecule has 0 aromatic heterocycles. The molecule has 0 saturated carbocycles. The fraction of sp³-hybridized carbons (Fsp3) is 0.250. The van der Waals surface area contributed by atoms with E-state index in [9.17, 15) is 9.00 Å². The molecule has 0 radical (unpaired) electrons. The fourth-order valence-electron chi connectivity index (χ4n) is 2.78. The lowest BCUT2D eigenvalue weighted by Crippen LogP contribution is -2.33. The van der Waals surface area contributed by atoms with Gasteiger partial charge in [0.15, 0.2) is 0 Å². The number of nitrogens with zero attached hydrogens (tertiary/aromatic N) is 1. The van der Waals surface area contributed by atoms with Crippen LogP contribution in [-0.4, -0.2) is 15.0 Å². The summed E-state index contributed by atoms with van der Waals surface area (Å²) in [5, 5.41) is 0. The highest BCUT2D eigenvalue weighted by Gasteiger charge is 2.28. The molecule has 1 amide bonds. The van der Waals surface area contributed by atoms with E-state index in [1.807, 2.05) is 68.4 Å². The first-order valence-electron chi connectivity index (χ1n) is 8.08. The molecule has 2 atom stereocenters. The Morgan fingerprint density at radius 3 is 2.42 bits per heavy atom. The molecule has 1 aliphatic heterocycles. The first kappa shape index (κ1) is 16.7. The zero-order valence-corrected chi connectivity index (χ0v) is 14.8. The molecule has 24 heavy (non-hydrogen) atoms. The van der Waals surface area contributed by atoms with Crippen LogP contribution in [0.25, 0.3) is 0 Å². The van der Waals surface area contributed by atoms with Crippen molar-refractivity contribution < 1.29 is 9.00 Å². The molecule has 124 valence electrons. The highest BCUT2D eigenvalue weighted by Crippen LogP contribution is 2.29. The van der Waals surface area contributed by atoms with Gasteiger partial charge in [-0.2, -0.15) is 0 Å². The van der Waals surface area contributed by atoms with Crippen molar-refractivity contribution in [2.45, 2.75) is 31.7 Å². The van der Waals surface area contributed by atoms with Gasteiger partial charge in [0.2, 0.25) is 5.91 Å². The van der Waals surface area contributed by atoms with Gasteiger partial charge >= 0.3 is 0 Å². The van der Waals surface area contributed by atoms with Crippen LogP contribution >= 0.6 is 0 Å². The normalized spacial score (nSPS) is 19.1. The molecular formula is C20H21NO2S. The van der Waals surface area contributed by atoms with E-state index in [0.29, 0.717) is 13.0 Å². The Hall–Kier alpha value is -2.20. The summed E-state index contributed by atoms with van der Waals surface area (Å²) in [6.45, 7) is 4.49. The number of carbonyl (C=O) groups is 1. The lowest BCUT2D eigenvalue weighted by atomic mass is 10.0. The number of hydrogen-bond acceptors (Lipinski definition) is 2. The van der Waals surface area contributed by atoms with Crippen LogP contribution < -0.4 is 0 Å². The fourth-order valence-corrected chi connectivity index (χ4v) is 4.10. The van der Waals surface area contributed by atoms with Gasteiger partial charge in [0.05, 0.1) is 17.3 Å². The van der Waals surface area contributed by atoms with Gasteiger partial charge in [-0.15, -0.1) is 0 Å². The third-order valence-electron chi connectivity index (χ3n) is 4.21. The molecule has 1 aliphatic rings.